The molecule has 0 unspecified atom stereocenters. The van der Waals surface area contributed by atoms with Crippen molar-refractivity contribution in [1.82, 2.24) is 20.1 Å². The van der Waals surface area contributed by atoms with Crippen molar-refractivity contribution in [3.8, 4) is 0 Å². The fraction of sp³-hybridized carbons (Fsp3) is 0.273. The summed E-state index contributed by atoms with van der Waals surface area (Å²) in [6.45, 7) is 5.05. The van der Waals surface area contributed by atoms with Gasteiger partial charge in [-0.2, -0.15) is 0 Å². The van der Waals surface area contributed by atoms with E-state index in [0.29, 0.717) is 42.8 Å². The Morgan fingerprint density at radius 3 is 2.48 bits per heavy atom. The zero-order valence-electron chi connectivity index (χ0n) is 16.0. The first kappa shape index (κ1) is 18.9. The van der Waals surface area contributed by atoms with E-state index >= 15 is 0 Å². The summed E-state index contributed by atoms with van der Waals surface area (Å²) in [5.41, 5.74) is 2.46. The summed E-state index contributed by atoms with van der Waals surface area (Å²) in [5.74, 6) is -0.443. The number of nitrogens with one attached hydrogen (secondary N) is 1. The average molecular weight is 390 g/mol. The van der Waals surface area contributed by atoms with Crippen molar-refractivity contribution >= 4 is 23.4 Å². The van der Waals surface area contributed by atoms with Crippen molar-refractivity contribution in [2.24, 2.45) is 0 Å². The summed E-state index contributed by atoms with van der Waals surface area (Å²) in [6.07, 6.45) is 4.50. The topological polar surface area (TPSA) is 82.6 Å². The third-order valence-electron chi connectivity index (χ3n) is 5.44. The Kier molecular flexibility index (Phi) is 5.12. The third-order valence-corrected chi connectivity index (χ3v) is 5.44. The second-order valence-electron chi connectivity index (χ2n) is 7.25. The van der Waals surface area contributed by atoms with Crippen LogP contribution in [0.5, 0.6) is 0 Å². The molecule has 2 aliphatic heterocycles. The molecule has 0 aliphatic carbocycles. The number of amides is 3. The van der Waals surface area contributed by atoms with Crippen molar-refractivity contribution in [3.63, 3.8) is 0 Å². The number of carbonyl (C=O) groups excluding carboxylic acids is 3. The molecule has 7 nitrogen and oxygen atoms in total. The van der Waals surface area contributed by atoms with Crippen LogP contribution in [0.2, 0.25) is 0 Å². The average Bonchev–Trinajstić information content (AvgIpc) is 3.00. The van der Waals surface area contributed by atoms with Gasteiger partial charge in [0.15, 0.2) is 0 Å². The number of nitrogens with zero attached hydrogens (tertiary/aromatic N) is 3. The number of likely N-dealkylation sites (tertiary alicyclic amines) is 1. The minimum absolute atomic E-state index is 0.0133. The van der Waals surface area contributed by atoms with E-state index in [2.05, 4.69) is 16.9 Å². The maximum atomic E-state index is 12.7. The molecule has 3 heterocycles. The number of rotatable bonds is 4. The molecule has 1 N–H and O–H groups in total. The Morgan fingerprint density at radius 1 is 1.10 bits per heavy atom. The number of fused-ring (bicyclic) bond motifs is 1. The molecule has 1 fully saturated rings. The van der Waals surface area contributed by atoms with Crippen LogP contribution in [-0.4, -0.2) is 58.2 Å². The number of piperidine rings is 1. The van der Waals surface area contributed by atoms with Gasteiger partial charge in [-0.1, -0.05) is 24.8 Å². The van der Waals surface area contributed by atoms with Crippen LogP contribution in [0.25, 0.3) is 5.70 Å². The van der Waals surface area contributed by atoms with E-state index in [4.69, 9.17) is 0 Å². The van der Waals surface area contributed by atoms with Crippen molar-refractivity contribution in [2.75, 3.05) is 19.6 Å². The number of hydrogen-bond acceptors (Lipinski definition) is 4. The van der Waals surface area contributed by atoms with Gasteiger partial charge < -0.3 is 10.2 Å². The summed E-state index contributed by atoms with van der Waals surface area (Å²) >= 11 is 0. The van der Waals surface area contributed by atoms with Gasteiger partial charge in [-0.15, -0.1) is 0 Å². The molecule has 0 spiro atoms. The van der Waals surface area contributed by atoms with E-state index in [1.807, 2.05) is 12.1 Å². The molecule has 1 saturated heterocycles. The van der Waals surface area contributed by atoms with E-state index in [1.54, 1.807) is 35.4 Å². The number of pyridine rings is 1. The third kappa shape index (κ3) is 3.76. The summed E-state index contributed by atoms with van der Waals surface area (Å²) in [4.78, 5) is 44.7. The highest BCUT2D eigenvalue weighted by Crippen LogP contribution is 2.31. The smallest absolute Gasteiger partial charge is 0.259 e. The standard InChI is InChI=1S/C22H22N4O3/c1-15-18-6-2-3-7-19(18)22(29)26(15)14-20(27)25-11-8-17(9-12-25)24-21(28)16-5-4-10-23-13-16/h2-7,10,13,17H,1,8-9,11-12,14H2,(H,24,28). The lowest BCUT2D eigenvalue weighted by molar-refractivity contribution is -0.132. The van der Waals surface area contributed by atoms with Crippen molar-refractivity contribution in [3.05, 3.63) is 72.1 Å². The van der Waals surface area contributed by atoms with Crippen LogP contribution >= 0.6 is 0 Å². The molecule has 1 aromatic heterocycles. The molecule has 7 heteroatoms. The number of hydrogen-bond donors (Lipinski definition) is 1. The zero-order chi connectivity index (χ0) is 20.4. The van der Waals surface area contributed by atoms with Gasteiger partial charge >= 0.3 is 0 Å². The predicted molar refractivity (Wildman–Crippen MR) is 108 cm³/mol. The number of aromatic nitrogens is 1. The molecular formula is C22H22N4O3. The van der Waals surface area contributed by atoms with Gasteiger partial charge in [0.1, 0.15) is 6.54 Å². The van der Waals surface area contributed by atoms with Crippen LogP contribution in [0.1, 0.15) is 39.1 Å². The van der Waals surface area contributed by atoms with Gasteiger partial charge in [-0.3, -0.25) is 24.3 Å². The van der Waals surface area contributed by atoms with Crippen LogP contribution < -0.4 is 5.32 Å². The highest BCUT2D eigenvalue weighted by molar-refractivity contribution is 6.10. The lowest BCUT2D eigenvalue weighted by atomic mass is 10.0. The molecule has 0 saturated carbocycles. The molecule has 4 rings (SSSR count). The maximum Gasteiger partial charge on any atom is 0.259 e. The first-order chi connectivity index (χ1) is 14.0. The number of benzene rings is 1. The summed E-state index contributed by atoms with van der Waals surface area (Å²) in [7, 11) is 0. The van der Waals surface area contributed by atoms with Gasteiger partial charge in [0.2, 0.25) is 5.91 Å². The second kappa shape index (κ2) is 7.87. The van der Waals surface area contributed by atoms with Crippen LogP contribution in [0.3, 0.4) is 0 Å². The van der Waals surface area contributed by atoms with Gasteiger partial charge in [0, 0.05) is 48.3 Å². The Labute approximate surface area is 169 Å². The molecule has 2 aromatic rings. The molecular weight excluding hydrogens is 368 g/mol. The van der Waals surface area contributed by atoms with E-state index in [-0.39, 0.29) is 30.3 Å². The minimum Gasteiger partial charge on any atom is -0.349 e. The summed E-state index contributed by atoms with van der Waals surface area (Å²) in [6, 6.07) is 10.7. The van der Waals surface area contributed by atoms with E-state index in [1.165, 1.54) is 11.1 Å². The van der Waals surface area contributed by atoms with Gasteiger partial charge in [0.05, 0.1) is 5.56 Å². The minimum atomic E-state index is -0.183. The molecule has 1 aromatic carbocycles. The molecule has 0 atom stereocenters. The maximum absolute atomic E-state index is 12.7. The highest BCUT2D eigenvalue weighted by atomic mass is 16.2. The van der Waals surface area contributed by atoms with E-state index < -0.39 is 0 Å². The Bertz CT molecular complexity index is 930. The molecule has 148 valence electrons. The Morgan fingerprint density at radius 2 is 1.83 bits per heavy atom. The monoisotopic (exact) mass is 390 g/mol. The van der Waals surface area contributed by atoms with Crippen LogP contribution in [0.4, 0.5) is 0 Å². The lowest BCUT2D eigenvalue weighted by Gasteiger charge is -2.33. The molecule has 3 amide bonds. The van der Waals surface area contributed by atoms with Crippen LogP contribution in [0, 0.1) is 0 Å². The van der Waals surface area contributed by atoms with Crippen molar-refractivity contribution < 1.29 is 14.4 Å². The fourth-order valence-corrected chi connectivity index (χ4v) is 3.78. The zero-order valence-corrected chi connectivity index (χ0v) is 16.0. The first-order valence-electron chi connectivity index (χ1n) is 9.63. The lowest BCUT2D eigenvalue weighted by Crippen LogP contribution is -2.49. The second-order valence-corrected chi connectivity index (χ2v) is 7.25. The van der Waals surface area contributed by atoms with E-state index in [0.717, 1.165) is 5.56 Å². The normalized spacial score (nSPS) is 16.7. The van der Waals surface area contributed by atoms with Crippen molar-refractivity contribution in [2.45, 2.75) is 18.9 Å². The highest BCUT2D eigenvalue weighted by Gasteiger charge is 2.33. The quantitative estimate of drug-likeness (QED) is 0.865. The molecule has 29 heavy (non-hydrogen) atoms. The van der Waals surface area contributed by atoms with Gasteiger partial charge in [0.25, 0.3) is 11.8 Å². The Balaban J connectivity index is 1.30. The van der Waals surface area contributed by atoms with E-state index in [9.17, 15) is 14.4 Å². The van der Waals surface area contributed by atoms with Gasteiger partial charge in [-0.05, 0) is 31.0 Å². The van der Waals surface area contributed by atoms with Gasteiger partial charge in [-0.25, -0.2) is 0 Å². The SMILES string of the molecule is C=C1c2ccccc2C(=O)N1CC(=O)N1CCC(NC(=O)c2cccnc2)CC1. The summed E-state index contributed by atoms with van der Waals surface area (Å²) < 4.78 is 0. The molecule has 0 radical (unpaired) electrons. The Hall–Kier alpha value is -3.48. The molecule has 2 aliphatic rings. The largest absolute Gasteiger partial charge is 0.349 e. The fourth-order valence-electron chi connectivity index (χ4n) is 3.78. The van der Waals surface area contributed by atoms with Crippen molar-refractivity contribution in [1.29, 1.82) is 0 Å². The van der Waals surface area contributed by atoms with Crippen LogP contribution in [-0.2, 0) is 4.79 Å². The molecule has 0 bridgehead atoms. The van der Waals surface area contributed by atoms with Crippen LogP contribution in [0.15, 0.2) is 55.4 Å². The summed E-state index contributed by atoms with van der Waals surface area (Å²) in [5, 5.41) is 3.00. The number of carbonyl (C=O) groups is 3. The predicted octanol–water partition coefficient (Wildman–Crippen LogP) is 1.93. The first-order valence-corrected chi connectivity index (χ1v) is 9.63.